The Labute approximate surface area is 174 Å². The van der Waals surface area contributed by atoms with Gasteiger partial charge in [0.05, 0.1) is 0 Å². The zero-order chi connectivity index (χ0) is 20.1. The van der Waals surface area contributed by atoms with Crippen LogP contribution in [0.5, 0.6) is 0 Å². The van der Waals surface area contributed by atoms with Crippen molar-refractivity contribution in [1.29, 1.82) is 0 Å². The van der Waals surface area contributed by atoms with Crippen molar-refractivity contribution in [3.05, 3.63) is 120 Å². The molecule has 6 aromatic rings. The lowest BCUT2D eigenvalue weighted by molar-refractivity contribution is 0.224. The third kappa shape index (κ3) is 2.53. The van der Waals surface area contributed by atoms with E-state index in [9.17, 15) is 5.11 Å². The molecule has 0 unspecified atom stereocenters. The first-order valence-electron chi connectivity index (χ1n) is 10.3. The van der Waals surface area contributed by atoms with Gasteiger partial charge in [0.2, 0.25) is 0 Å². The van der Waals surface area contributed by atoms with E-state index in [0.29, 0.717) is 0 Å². The lowest BCUT2D eigenvalue weighted by atomic mass is 9.88. The summed E-state index contributed by atoms with van der Waals surface area (Å²) in [5, 5.41) is 21.0. The van der Waals surface area contributed by atoms with Gasteiger partial charge in [-0.15, -0.1) is 0 Å². The SMILES string of the molecule is OC(c1cc2ccccc2c2ccccc12)c1cc2ccccc2c2ccccc12. The first-order valence-corrected chi connectivity index (χ1v) is 10.3. The molecule has 0 amide bonds. The molecule has 6 aromatic carbocycles. The highest BCUT2D eigenvalue weighted by molar-refractivity contribution is 6.11. The zero-order valence-electron chi connectivity index (χ0n) is 16.4. The maximum absolute atomic E-state index is 11.7. The van der Waals surface area contributed by atoms with Gasteiger partial charge in [-0.1, -0.05) is 97.1 Å². The quantitative estimate of drug-likeness (QED) is 0.309. The Balaban J connectivity index is 1.69. The summed E-state index contributed by atoms with van der Waals surface area (Å²) >= 11 is 0. The molecule has 142 valence electrons. The molecular weight excluding hydrogens is 364 g/mol. The predicted octanol–water partition coefficient (Wildman–Crippen LogP) is 7.38. The average Bonchev–Trinajstić information content (AvgIpc) is 2.82. The van der Waals surface area contributed by atoms with Gasteiger partial charge >= 0.3 is 0 Å². The van der Waals surface area contributed by atoms with Crippen molar-refractivity contribution in [2.45, 2.75) is 6.10 Å². The van der Waals surface area contributed by atoms with Crippen molar-refractivity contribution in [2.24, 2.45) is 0 Å². The second-order valence-corrected chi connectivity index (χ2v) is 7.87. The Morgan fingerprint density at radius 1 is 0.400 bits per heavy atom. The van der Waals surface area contributed by atoms with Crippen molar-refractivity contribution in [2.75, 3.05) is 0 Å². The molecule has 1 N–H and O–H groups in total. The summed E-state index contributed by atoms with van der Waals surface area (Å²) in [5.74, 6) is 0. The molecule has 0 saturated carbocycles. The summed E-state index contributed by atoms with van der Waals surface area (Å²) in [6.07, 6.45) is -0.714. The van der Waals surface area contributed by atoms with Gasteiger partial charge in [-0.25, -0.2) is 0 Å². The van der Waals surface area contributed by atoms with Gasteiger partial charge in [-0.05, 0) is 66.3 Å². The van der Waals surface area contributed by atoms with Crippen LogP contribution in [-0.2, 0) is 0 Å². The molecule has 0 fully saturated rings. The maximum atomic E-state index is 11.7. The van der Waals surface area contributed by atoms with Crippen LogP contribution < -0.4 is 0 Å². The van der Waals surface area contributed by atoms with Gasteiger partial charge in [-0.2, -0.15) is 0 Å². The minimum absolute atomic E-state index is 0.714. The van der Waals surface area contributed by atoms with E-state index in [2.05, 4.69) is 97.1 Å². The van der Waals surface area contributed by atoms with E-state index in [-0.39, 0.29) is 0 Å². The molecule has 1 heteroatoms. The molecule has 0 heterocycles. The molecule has 0 aliphatic rings. The summed E-state index contributed by atoms with van der Waals surface area (Å²) in [5.41, 5.74) is 1.90. The fourth-order valence-electron chi connectivity index (χ4n) is 4.79. The molecule has 0 aliphatic heterocycles. The lowest BCUT2D eigenvalue weighted by Crippen LogP contribution is -2.02. The molecule has 0 aromatic heterocycles. The van der Waals surface area contributed by atoms with E-state index >= 15 is 0 Å². The molecule has 0 radical (unpaired) electrons. The van der Waals surface area contributed by atoms with Gasteiger partial charge < -0.3 is 5.11 Å². The zero-order valence-corrected chi connectivity index (χ0v) is 16.4. The molecule has 6 rings (SSSR count). The Kier molecular flexibility index (Phi) is 3.83. The van der Waals surface area contributed by atoms with E-state index in [0.717, 1.165) is 32.7 Å². The monoisotopic (exact) mass is 384 g/mol. The van der Waals surface area contributed by atoms with E-state index in [1.165, 1.54) is 21.5 Å². The van der Waals surface area contributed by atoms with Crippen LogP contribution in [0.4, 0.5) is 0 Å². The summed E-state index contributed by atoms with van der Waals surface area (Å²) in [6, 6.07) is 37.8. The second kappa shape index (κ2) is 6.69. The number of hydrogen-bond acceptors (Lipinski definition) is 1. The third-order valence-electron chi connectivity index (χ3n) is 6.19. The van der Waals surface area contributed by atoms with Crippen molar-refractivity contribution >= 4 is 43.1 Å². The molecular formula is C29H20O. The van der Waals surface area contributed by atoms with E-state index < -0.39 is 6.10 Å². The first kappa shape index (κ1) is 17.2. The van der Waals surface area contributed by atoms with Crippen LogP contribution in [0.25, 0.3) is 43.1 Å². The van der Waals surface area contributed by atoms with Crippen molar-refractivity contribution in [3.63, 3.8) is 0 Å². The van der Waals surface area contributed by atoms with Crippen LogP contribution >= 0.6 is 0 Å². The predicted molar refractivity (Wildman–Crippen MR) is 127 cm³/mol. The highest BCUT2D eigenvalue weighted by atomic mass is 16.3. The van der Waals surface area contributed by atoms with Crippen LogP contribution in [0.1, 0.15) is 17.2 Å². The summed E-state index contributed by atoms with van der Waals surface area (Å²) in [6.45, 7) is 0. The van der Waals surface area contributed by atoms with E-state index in [1.54, 1.807) is 0 Å². The number of rotatable bonds is 2. The molecule has 30 heavy (non-hydrogen) atoms. The Morgan fingerprint density at radius 2 is 0.733 bits per heavy atom. The van der Waals surface area contributed by atoms with Gasteiger partial charge in [-0.3, -0.25) is 0 Å². The summed E-state index contributed by atoms with van der Waals surface area (Å²) < 4.78 is 0. The molecule has 0 atom stereocenters. The minimum atomic E-state index is -0.714. The van der Waals surface area contributed by atoms with E-state index in [1.807, 2.05) is 12.1 Å². The smallest absolute Gasteiger partial charge is 0.105 e. The average molecular weight is 384 g/mol. The van der Waals surface area contributed by atoms with Crippen molar-refractivity contribution < 1.29 is 5.11 Å². The molecule has 0 saturated heterocycles. The number of fused-ring (bicyclic) bond motifs is 6. The minimum Gasteiger partial charge on any atom is -0.384 e. The molecule has 1 nitrogen and oxygen atoms in total. The third-order valence-corrected chi connectivity index (χ3v) is 6.19. The van der Waals surface area contributed by atoms with Crippen LogP contribution in [-0.4, -0.2) is 5.11 Å². The van der Waals surface area contributed by atoms with Gasteiger partial charge in [0.25, 0.3) is 0 Å². The Hall–Kier alpha value is -3.68. The standard InChI is InChI=1S/C29H20O/c30-29(27-17-19-9-1-3-11-21(19)23-13-5-7-15-25(23)27)28-18-20-10-2-4-12-22(20)24-14-6-8-16-26(24)28/h1-18,29-30H. The fraction of sp³-hybridized carbons (Fsp3) is 0.0345. The highest BCUT2D eigenvalue weighted by Crippen LogP contribution is 2.38. The van der Waals surface area contributed by atoms with Crippen LogP contribution in [0, 0.1) is 0 Å². The lowest BCUT2D eigenvalue weighted by Gasteiger charge is -2.19. The van der Waals surface area contributed by atoms with E-state index in [4.69, 9.17) is 0 Å². The second-order valence-electron chi connectivity index (χ2n) is 7.87. The number of aliphatic hydroxyl groups is 1. The summed E-state index contributed by atoms with van der Waals surface area (Å²) in [7, 11) is 0. The van der Waals surface area contributed by atoms with Crippen LogP contribution in [0.3, 0.4) is 0 Å². The molecule has 0 spiro atoms. The fourth-order valence-corrected chi connectivity index (χ4v) is 4.79. The largest absolute Gasteiger partial charge is 0.384 e. The van der Waals surface area contributed by atoms with Gasteiger partial charge in [0, 0.05) is 0 Å². The number of aliphatic hydroxyl groups excluding tert-OH is 1. The number of benzene rings is 6. The van der Waals surface area contributed by atoms with Crippen LogP contribution in [0.2, 0.25) is 0 Å². The first-order chi connectivity index (χ1) is 14.8. The van der Waals surface area contributed by atoms with Crippen LogP contribution in [0.15, 0.2) is 109 Å². The Morgan fingerprint density at radius 3 is 1.17 bits per heavy atom. The maximum Gasteiger partial charge on any atom is 0.105 e. The normalized spacial score (nSPS) is 11.8. The highest BCUT2D eigenvalue weighted by Gasteiger charge is 2.19. The number of hydrogen-bond donors (Lipinski definition) is 1. The van der Waals surface area contributed by atoms with Gasteiger partial charge in [0.15, 0.2) is 0 Å². The molecule has 0 bridgehead atoms. The van der Waals surface area contributed by atoms with Crippen molar-refractivity contribution in [3.8, 4) is 0 Å². The van der Waals surface area contributed by atoms with Gasteiger partial charge in [0.1, 0.15) is 6.10 Å². The summed E-state index contributed by atoms with van der Waals surface area (Å²) in [4.78, 5) is 0. The topological polar surface area (TPSA) is 20.2 Å². The molecule has 0 aliphatic carbocycles. The van der Waals surface area contributed by atoms with Crippen molar-refractivity contribution in [1.82, 2.24) is 0 Å². The Bertz CT molecular complexity index is 1440.